The van der Waals surface area contributed by atoms with Gasteiger partial charge >= 0.3 is 0 Å². The number of rotatable bonds is 5. The zero-order valence-electron chi connectivity index (χ0n) is 15.7. The molecule has 146 valence electrons. The van der Waals surface area contributed by atoms with Gasteiger partial charge in [0.2, 0.25) is 5.88 Å². The predicted molar refractivity (Wildman–Crippen MR) is 107 cm³/mol. The van der Waals surface area contributed by atoms with E-state index in [1.807, 2.05) is 24.3 Å². The Bertz CT molecular complexity index is 1250. The van der Waals surface area contributed by atoms with Crippen molar-refractivity contribution >= 4 is 5.52 Å². The summed E-state index contributed by atoms with van der Waals surface area (Å²) < 4.78 is 33.9. The lowest BCUT2D eigenvalue weighted by Gasteiger charge is -2.12. The Morgan fingerprint density at radius 3 is 2.66 bits per heavy atom. The molecule has 29 heavy (non-hydrogen) atoms. The summed E-state index contributed by atoms with van der Waals surface area (Å²) in [5, 5.41) is 4.33. The van der Waals surface area contributed by atoms with Crippen molar-refractivity contribution in [3.8, 4) is 22.8 Å². The molecule has 6 heteroatoms. The molecule has 4 aromatic rings. The molecule has 0 aliphatic rings. The first-order chi connectivity index (χ1) is 14.1. The number of fused-ring (bicyclic) bond motifs is 1. The fraction of sp³-hybridized carbons (Fsp3) is 0.130. The fourth-order valence-electron chi connectivity index (χ4n) is 3.33. The van der Waals surface area contributed by atoms with Crippen LogP contribution in [-0.4, -0.2) is 9.61 Å². The molecule has 0 N–H and O–H groups in total. The second-order valence-electron chi connectivity index (χ2n) is 6.64. The van der Waals surface area contributed by atoms with Crippen LogP contribution in [0.25, 0.3) is 16.6 Å². The van der Waals surface area contributed by atoms with Crippen LogP contribution in [0, 0.1) is 11.6 Å². The SMILES string of the molecule is CCCc1ccccc1-c1c(=O)ccn2nc(Oc3ccc(F)cc3F)ccc12. The van der Waals surface area contributed by atoms with Crippen LogP contribution in [0.15, 0.2) is 71.7 Å². The van der Waals surface area contributed by atoms with E-state index < -0.39 is 11.6 Å². The number of pyridine rings is 1. The van der Waals surface area contributed by atoms with Gasteiger partial charge in [0.05, 0.1) is 11.1 Å². The number of halogens is 2. The van der Waals surface area contributed by atoms with Gasteiger partial charge in [0.1, 0.15) is 5.82 Å². The van der Waals surface area contributed by atoms with Crippen molar-refractivity contribution in [3.05, 3.63) is 94.3 Å². The zero-order valence-corrected chi connectivity index (χ0v) is 15.7. The van der Waals surface area contributed by atoms with Crippen LogP contribution >= 0.6 is 0 Å². The maximum Gasteiger partial charge on any atom is 0.237 e. The fourth-order valence-corrected chi connectivity index (χ4v) is 3.33. The average molecular weight is 392 g/mol. The summed E-state index contributed by atoms with van der Waals surface area (Å²) >= 11 is 0. The normalized spacial score (nSPS) is 11.0. The van der Waals surface area contributed by atoms with E-state index in [4.69, 9.17) is 4.74 Å². The first-order valence-corrected chi connectivity index (χ1v) is 9.30. The van der Waals surface area contributed by atoms with Gasteiger partial charge in [0, 0.05) is 24.4 Å². The van der Waals surface area contributed by atoms with E-state index in [2.05, 4.69) is 12.0 Å². The second kappa shape index (κ2) is 7.83. The Labute approximate surface area is 166 Å². The lowest BCUT2D eigenvalue weighted by molar-refractivity contribution is 0.416. The minimum Gasteiger partial charge on any atom is -0.434 e. The van der Waals surface area contributed by atoms with Crippen molar-refractivity contribution in [2.24, 2.45) is 0 Å². The molecule has 0 radical (unpaired) electrons. The monoisotopic (exact) mass is 392 g/mol. The van der Waals surface area contributed by atoms with Crippen molar-refractivity contribution in [2.45, 2.75) is 19.8 Å². The number of nitrogens with zero attached hydrogens (tertiary/aromatic N) is 2. The van der Waals surface area contributed by atoms with E-state index in [1.54, 1.807) is 12.1 Å². The van der Waals surface area contributed by atoms with Crippen LogP contribution in [0.4, 0.5) is 8.78 Å². The molecule has 2 aromatic carbocycles. The van der Waals surface area contributed by atoms with Gasteiger partial charge in [0.25, 0.3) is 0 Å². The molecule has 0 fully saturated rings. The Balaban J connectivity index is 1.80. The van der Waals surface area contributed by atoms with Gasteiger partial charge in [-0.3, -0.25) is 4.79 Å². The third kappa shape index (κ3) is 3.74. The van der Waals surface area contributed by atoms with Gasteiger partial charge in [0.15, 0.2) is 17.0 Å². The molecule has 2 heterocycles. The van der Waals surface area contributed by atoms with E-state index in [-0.39, 0.29) is 17.1 Å². The van der Waals surface area contributed by atoms with Crippen LogP contribution < -0.4 is 10.2 Å². The van der Waals surface area contributed by atoms with Gasteiger partial charge in [-0.1, -0.05) is 37.6 Å². The van der Waals surface area contributed by atoms with E-state index in [0.717, 1.165) is 36.1 Å². The first kappa shape index (κ1) is 18.8. The predicted octanol–water partition coefficient (Wildman–Crippen LogP) is 5.38. The van der Waals surface area contributed by atoms with Gasteiger partial charge in [-0.05, 0) is 35.7 Å². The van der Waals surface area contributed by atoms with E-state index >= 15 is 0 Å². The third-order valence-corrected chi connectivity index (χ3v) is 4.62. The summed E-state index contributed by atoms with van der Waals surface area (Å²) in [7, 11) is 0. The number of ether oxygens (including phenoxy) is 1. The maximum atomic E-state index is 13.9. The van der Waals surface area contributed by atoms with Gasteiger partial charge in [-0.15, -0.1) is 5.10 Å². The van der Waals surface area contributed by atoms with Crippen molar-refractivity contribution in [2.75, 3.05) is 0 Å². The average Bonchev–Trinajstić information content (AvgIpc) is 2.71. The summed E-state index contributed by atoms with van der Waals surface area (Å²) in [6.07, 6.45) is 3.36. The lowest BCUT2D eigenvalue weighted by atomic mass is 9.96. The highest BCUT2D eigenvalue weighted by molar-refractivity contribution is 5.81. The molecule has 2 aromatic heterocycles. The van der Waals surface area contributed by atoms with E-state index in [9.17, 15) is 13.6 Å². The van der Waals surface area contributed by atoms with E-state index in [0.29, 0.717) is 11.1 Å². The largest absolute Gasteiger partial charge is 0.434 e. The quantitative estimate of drug-likeness (QED) is 0.458. The van der Waals surface area contributed by atoms with Gasteiger partial charge < -0.3 is 4.74 Å². The number of hydrogen-bond donors (Lipinski definition) is 0. The molecule has 0 saturated carbocycles. The van der Waals surface area contributed by atoms with Gasteiger partial charge in [-0.25, -0.2) is 13.3 Å². The number of aryl methyl sites for hydroxylation is 1. The number of benzene rings is 2. The number of hydrogen-bond acceptors (Lipinski definition) is 3. The molecule has 0 amide bonds. The molecule has 0 bridgehead atoms. The highest BCUT2D eigenvalue weighted by Gasteiger charge is 2.14. The Morgan fingerprint density at radius 2 is 1.86 bits per heavy atom. The molecule has 0 saturated heterocycles. The standard InChI is InChI=1S/C23H18F2N2O2/c1-2-5-15-6-3-4-7-17(15)23-19-9-11-22(26-27(19)13-12-20(23)28)29-21-10-8-16(24)14-18(21)25/h3-4,6-14H,2,5H2,1H3. The topological polar surface area (TPSA) is 43.6 Å². The van der Waals surface area contributed by atoms with Crippen LogP contribution in [0.5, 0.6) is 11.6 Å². The maximum absolute atomic E-state index is 13.9. The third-order valence-electron chi connectivity index (χ3n) is 4.62. The molecule has 0 aliphatic heterocycles. The van der Waals surface area contributed by atoms with Gasteiger partial charge in [-0.2, -0.15) is 0 Å². The summed E-state index contributed by atoms with van der Waals surface area (Å²) in [4.78, 5) is 12.7. The molecule has 0 atom stereocenters. The van der Waals surface area contributed by atoms with Crippen LogP contribution in [0.1, 0.15) is 18.9 Å². The van der Waals surface area contributed by atoms with Crippen molar-refractivity contribution < 1.29 is 13.5 Å². The molecule has 4 nitrogen and oxygen atoms in total. The Hall–Kier alpha value is -3.54. The van der Waals surface area contributed by atoms with Crippen molar-refractivity contribution in [1.82, 2.24) is 9.61 Å². The zero-order chi connectivity index (χ0) is 20.4. The molecule has 0 unspecified atom stereocenters. The van der Waals surface area contributed by atoms with Crippen molar-refractivity contribution in [3.63, 3.8) is 0 Å². The highest BCUT2D eigenvalue weighted by Crippen LogP contribution is 2.28. The minimum atomic E-state index is -0.819. The summed E-state index contributed by atoms with van der Waals surface area (Å²) in [5.74, 6) is -1.51. The molecule has 0 aliphatic carbocycles. The summed E-state index contributed by atoms with van der Waals surface area (Å²) in [6, 6.07) is 15.6. The second-order valence-corrected chi connectivity index (χ2v) is 6.64. The summed E-state index contributed by atoms with van der Waals surface area (Å²) in [5.41, 5.74) is 3.04. The molecular weight excluding hydrogens is 374 g/mol. The Morgan fingerprint density at radius 1 is 1.03 bits per heavy atom. The van der Waals surface area contributed by atoms with Crippen LogP contribution in [-0.2, 0) is 6.42 Å². The highest BCUT2D eigenvalue weighted by atomic mass is 19.1. The molecule has 0 spiro atoms. The van der Waals surface area contributed by atoms with E-state index in [1.165, 1.54) is 22.8 Å². The van der Waals surface area contributed by atoms with Crippen LogP contribution in [0.3, 0.4) is 0 Å². The van der Waals surface area contributed by atoms with Crippen molar-refractivity contribution in [1.29, 1.82) is 0 Å². The molecule has 4 rings (SSSR count). The lowest BCUT2D eigenvalue weighted by Crippen LogP contribution is -2.10. The smallest absolute Gasteiger partial charge is 0.237 e. The molecular formula is C23H18F2N2O2. The Kier molecular flexibility index (Phi) is 5.08. The number of aromatic nitrogens is 2. The summed E-state index contributed by atoms with van der Waals surface area (Å²) in [6.45, 7) is 2.09. The van der Waals surface area contributed by atoms with Crippen LogP contribution in [0.2, 0.25) is 0 Å². The minimum absolute atomic E-state index is 0.103. The first-order valence-electron chi connectivity index (χ1n) is 9.30.